The molecule has 0 radical (unpaired) electrons. The Bertz CT molecular complexity index is 4630. The Hall–Kier alpha value is -8.86. The van der Waals surface area contributed by atoms with Gasteiger partial charge in [-0.05, 0) is 228 Å². The van der Waals surface area contributed by atoms with E-state index in [0.717, 1.165) is 29.9 Å². The second-order valence-corrected chi connectivity index (χ2v) is 29.7. The minimum atomic E-state index is -0.624. The first-order valence-corrected chi connectivity index (χ1v) is 32.1. The Morgan fingerprint density at radius 3 is 1.65 bits per heavy atom. The molecular formula is C84H78BN3. The predicted molar refractivity (Wildman–Crippen MR) is 376 cm³/mol. The Kier molecular flexibility index (Phi) is 11.7. The van der Waals surface area contributed by atoms with Crippen LogP contribution in [0.2, 0.25) is 0 Å². The maximum atomic E-state index is 2.78. The first kappa shape index (κ1) is 54.5. The van der Waals surface area contributed by atoms with Crippen LogP contribution in [0, 0.1) is 20.8 Å². The van der Waals surface area contributed by atoms with Gasteiger partial charge in [-0.15, -0.1) is 0 Å². The fraction of sp³-hybridized carbons (Fsp3) is 0.238. The summed E-state index contributed by atoms with van der Waals surface area (Å²) >= 11 is 0. The average molecular weight is 1140 g/mol. The molecule has 432 valence electrons. The molecule has 3 heterocycles. The molecule has 4 heteroatoms. The standard InChI is InChI=1S/C84H78BN3/c1-51-45-52(2)76(53(3)46-51)55-47-66-65-49-60(86(58-34-30-56(31-35-58)80(4,5)6)59-36-32-57(33-37-59)81(7,8)9)39-42-73(65)88(61-38-40-69-71(50-61)83(12,13)44-43-82(69,10)11)85-72-28-20-27-70-79(72)87(75(48-55)78(66)85)74-41-29-54-21-14-15-22-62(54)77(74)84(70)67-25-18-16-23-63(67)64-24-17-19-26-68(64)84/h14-42,45-50H,43-44H2,1-13H3. The number of anilines is 8. The van der Waals surface area contributed by atoms with Crippen LogP contribution in [-0.2, 0) is 27.1 Å². The van der Waals surface area contributed by atoms with Crippen molar-refractivity contribution in [3.8, 4) is 33.4 Å². The van der Waals surface area contributed by atoms with E-state index in [1.165, 1.54) is 145 Å². The monoisotopic (exact) mass is 1140 g/mol. The van der Waals surface area contributed by atoms with Gasteiger partial charge in [0, 0.05) is 50.9 Å². The average Bonchev–Trinajstić information content (AvgIpc) is 1.15. The van der Waals surface area contributed by atoms with Crippen LogP contribution in [0.1, 0.15) is 143 Å². The highest BCUT2D eigenvalue weighted by Crippen LogP contribution is 2.66. The van der Waals surface area contributed by atoms with Gasteiger partial charge in [-0.1, -0.05) is 214 Å². The largest absolute Gasteiger partial charge is 0.376 e. The van der Waals surface area contributed by atoms with Crippen molar-refractivity contribution < 1.29 is 0 Å². The van der Waals surface area contributed by atoms with Crippen LogP contribution in [0.15, 0.2) is 212 Å². The number of rotatable bonds is 5. The summed E-state index contributed by atoms with van der Waals surface area (Å²) in [4.78, 5) is 8.01. The van der Waals surface area contributed by atoms with Crippen LogP contribution in [0.25, 0.3) is 44.2 Å². The van der Waals surface area contributed by atoms with Gasteiger partial charge in [-0.2, -0.15) is 0 Å². The molecule has 0 atom stereocenters. The van der Waals surface area contributed by atoms with Crippen molar-refractivity contribution in [3.05, 3.63) is 274 Å². The van der Waals surface area contributed by atoms with Crippen molar-refractivity contribution in [2.45, 2.75) is 130 Å². The molecule has 0 fully saturated rings. The minimum absolute atomic E-state index is 0.00591. The molecule has 1 spiro atoms. The molecule has 3 aliphatic heterocycles. The van der Waals surface area contributed by atoms with E-state index in [-0.39, 0.29) is 28.5 Å². The lowest BCUT2D eigenvalue weighted by molar-refractivity contribution is 0.332. The fourth-order valence-corrected chi connectivity index (χ4v) is 16.9. The van der Waals surface area contributed by atoms with E-state index >= 15 is 0 Å². The summed E-state index contributed by atoms with van der Waals surface area (Å²) in [5.74, 6) is 0. The molecule has 2 aliphatic carbocycles. The van der Waals surface area contributed by atoms with Crippen molar-refractivity contribution in [1.82, 2.24) is 0 Å². The van der Waals surface area contributed by atoms with E-state index in [1.807, 2.05) is 0 Å². The van der Waals surface area contributed by atoms with E-state index in [0.29, 0.717) is 0 Å². The van der Waals surface area contributed by atoms with E-state index < -0.39 is 5.41 Å². The van der Waals surface area contributed by atoms with Crippen LogP contribution in [0.3, 0.4) is 0 Å². The maximum absolute atomic E-state index is 2.78. The molecule has 5 aliphatic rings. The molecule has 0 amide bonds. The van der Waals surface area contributed by atoms with E-state index in [1.54, 1.807) is 0 Å². The highest BCUT2D eigenvalue weighted by molar-refractivity contribution is 6.93. The summed E-state index contributed by atoms with van der Waals surface area (Å²) in [5.41, 5.74) is 34.1. The van der Waals surface area contributed by atoms with Crippen molar-refractivity contribution in [3.63, 3.8) is 0 Å². The summed E-state index contributed by atoms with van der Waals surface area (Å²) in [7, 11) is 0. The molecule has 11 aromatic rings. The van der Waals surface area contributed by atoms with Crippen LogP contribution in [-0.4, -0.2) is 6.85 Å². The lowest BCUT2D eigenvalue weighted by atomic mass is 9.42. The quantitative estimate of drug-likeness (QED) is 0.159. The number of para-hydroxylation sites is 1. The molecule has 0 aromatic heterocycles. The smallest absolute Gasteiger partial charge is 0.333 e. The molecule has 3 nitrogen and oxygen atoms in total. The van der Waals surface area contributed by atoms with Crippen molar-refractivity contribution >= 4 is 74.0 Å². The third-order valence-electron chi connectivity index (χ3n) is 21.2. The second kappa shape index (κ2) is 18.8. The zero-order valence-corrected chi connectivity index (χ0v) is 53.5. The number of benzene rings is 11. The molecule has 11 aromatic carbocycles. The highest BCUT2D eigenvalue weighted by Gasteiger charge is 2.56. The Labute approximate surface area is 522 Å². The normalized spacial score (nSPS) is 15.9. The van der Waals surface area contributed by atoms with Gasteiger partial charge in [-0.25, -0.2) is 0 Å². The third kappa shape index (κ3) is 7.76. The van der Waals surface area contributed by atoms with Crippen molar-refractivity contribution in [1.29, 1.82) is 0 Å². The molecule has 0 unspecified atom stereocenters. The SMILES string of the molecule is Cc1cc(C)c(-c2cc3c4c(c2)N2c5ccc6ccccc6c5C5(c6ccccc6-c6ccccc65)c5cccc(c52)B4N(c2ccc4c(c2)C(C)(C)CCC4(C)C)c2ccc(N(c4ccc(C(C)(C)C)cc4)c4ccc(C(C)(C)C)cc4)cc2-3)c(C)c1. The van der Waals surface area contributed by atoms with Crippen LogP contribution >= 0.6 is 0 Å². The maximum Gasteiger partial charge on any atom is 0.333 e. The third-order valence-corrected chi connectivity index (χ3v) is 21.2. The first-order chi connectivity index (χ1) is 42.1. The summed E-state index contributed by atoms with van der Waals surface area (Å²) in [6.07, 6.45) is 2.30. The molecular weight excluding hydrogens is 1060 g/mol. The van der Waals surface area contributed by atoms with Crippen molar-refractivity contribution in [2.24, 2.45) is 0 Å². The molecule has 0 N–H and O–H groups in total. The zero-order valence-electron chi connectivity index (χ0n) is 53.5. The van der Waals surface area contributed by atoms with Gasteiger partial charge in [0.05, 0.1) is 11.1 Å². The van der Waals surface area contributed by atoms with Gasteiger partial charge in [0.2, 0.25) is 0 Å². The first-order valence-electron chi connectivity index (χ1n) is 32.1. The van der Waals surface area contributed by atoms with Gasteiger partial charge in [-0.3, -0.25) is 0 Å². The predicted octanol–water partition coefficient (Wildman–Crippen LogP) is 21.2. The van der Waals surface area contributed by atoms with Crippen LogP contribution in [0.4, 0.5) is 45.5 Å². The van der Waals surface area contributed by atoms with Gasteiger partial charge in [0.1, 0.15) is 0 Å². The van der Waals surface area contributed by atoms with E-state index in [2.05, 4.69) is 317 Å². The summed E-state index contributed by atoms with van der Waals surface area (Å²) < 4.78 is 0. The van der Waals surface area contributed by atoms with E-state index in [9.17, 15) is 0 Å². The van der Waals surface area contributed by atoms with Gasteiger partial charge < -0.3 is 14.6 Å². The van der Waals surface area contributed by atoms with Gasteiger partial charge in [0.25, 0.3) is 0 Å². The topological polar surface area (TPSA) is 9.72 Å². The lowest BCUT2D eigenvalue weighted by Crippen LogP contribution is -2.62. The molecule has 0 saturated heterocycles. The summed E-state index contributed by atoms with van der Waals surface area (Å²) in [5, 5.41) is 2.53. The fourth-order valence-electron chi connectivity index (χ4n) is 16.9. The number of fused-ring (bicyclic) bond motifs is 16. The number of aryl methyl sites for hydroxylation is 3. The zero-order chi connectivity index (χ0) is 60.7. The minimum Gasteiger partial charge on any atom is -0.376 e. The molecule has 16 rings (SSSR count). The molecule has 88 heavy (non-hydrogen) atoms. The van der Waals surface area contributed by atoms with Crippen LogP contribution in [0.5, 0.6) is 0 Å². The van der Waals surface area contributed by atoms with Crippen molar-refractivity contribution in [2.75, 3.05) is 14.6 Å². The highest BCUT2D eigenvalue weighted by atomic mass is 15.2. The summed E-state index contributed by atoms with van der Waals surface area (Å²) in [6, 6.07) is 83.6. The number of nitrogens with zero attached hydrogens (tertiary/aromatic N) is 3. The summed E-state index contributed by atoms with van der Waals surface area (Å²) in [6.45, 7) is 30.4. The molecule has 0 saturated carbocycles. The van der Waals surface area contributed by atoms with Gasteiger partial charge >= 0.3 is 6.85 Å². The number of hydrogen-bond acceptors (Lipinski definition) is 3. The Morgan fingerprint density at radius 2 is 1.01 bits per heavy atom. The Morgan fingerprint density at radius 1 is 0.443 bits per heavy atom. The van der Waals surface area contributed by atoms with E-state index in [4.69, 9.17) is 0 Å². The number of hydrogen-bond donors (Lipinski definition) is 0. The molecule has 0 bridgehead atoms. The Balaban J connectivity index is 1.05. The van der Waals surface area contributed by atoms with Gasteiger partial charge in [0.15, 0.2) is 0 Å². The lowest BCUT2D eigenvalue weighted by Gasteiger charge is -2.52. The van der Waals surface area contributed by atoms with Crippen LogP contribution < -0.4 is 25.5 Å². The second-order valence-electron chi connectivity index (χ2n) is 29.7.